The Bertz CT molecular complexity index is 964. The third-order valence-corrected chi connectivity index (χ3v) is 6.39. The molecule has 0 unspecified atom stereocenters. The summed E-state index contributed by atoms with van der Waals surface area (Å²) in [5.41, 5.74) is 1.05. The van der Waals surface area contributed by atoms with Crippen LogP contribution in [-0.2, 0) is 9.59 Å². The van der Waals surface area contributed by atoms with Crippen molar-refractivity contribution in [2.75, 3.05) is 18.0 Å². The summed E-state index contributed by atoms with van der Waals surface area (Å²) in [6.45, 7) is 1.45. The highest BCUT2D eigenvalue weighted by molar-refractivity contribution is 6.42. The SMILES string of the molecule is O=C1[C@@H]2[C@H](C(=O)N1c1c(Cl)cccc1Cl)N1CCCN1[C@H]2c1ccc(F)cc1. The molecule has 0 aliphatic carbocycles. The molecule has 144 valence electrons. The predicted octanol–water partition coefficient (Wildman–Crippen LogP) is 3.67. The molecule has 28 heavy (non-hydrogen) atoms. The van der Waals surface area contributed by atoms with Gasteiger partial charge in [-0.3, -0.25) is 9.59 Å². The molecule has 3 aliphatic rings. The molecule has 3 fully saturated rings. The summed E-state index contributed by atoms with van der Waals surface area (Å²) in [6.07, 6.45) is 0.898. The summed E-state index contributed by atoms with van der Waals surface area (Å²) in [5, 5.41) is 4.56. The Labute approximate surface area is 171 Å². The summed E-state index contributed by atoms with van der Waals surface area (Å²) in [7, 11) is 0. The second kappa shape index (κ2) is 6.52. The molecule has 2 aromatic carbocycles. The van der Waals surface area contributed by atoms with Crippen LogP contribution >= 0.6 is 23.2 Å². The first-order valence-corrected chi connectivity index (χ1v) is 9.85. The van der Waals surface area contributed by atoms with Gasteiger partial charge in [0.05, 0.1) is 27.7 Å². The molecule has 2 amide bonds. The molecule has 3 atom stereocenters. The molecule has 0 radical (unpaired) electrons. The van der Waals surface area contributed by atoms with Crippen molar-refractivity contribution in [1.82, 2.24) is 10.0 Å². The van der Waals surface area contributed by atoms with E-state index in [4.69, 9.17) is 23.2 Å². The minimum atomic E-state index is -0.600. The lowest BCUT2D eigenvalue weighted by Crippen LogP contribution is -2.44. The van der Waals surface area contributed by atoms with Crippen LogP contribution < -0.4 is 4.90 Å². The van der Waals surface area contributed by atoms with Crippen molar-refractivity contribution >= 4 is 40.7 Å². The molecule has 3 saturated heterocycles. The molecule has 0 spiro atoms. The van der Waals surface area contributed by atoms with E-state index in [-0.39, 0.29) is 39.4 Å². The van der Waals surface area contributed by atoms with E-state index in [0.717, 1.165) is 23.4 Å². The molecule has 0 bridgehead atoms. The first kappa shape index (κ1) is 18.1. The highest BCUT2D eigenvalue weighted by atomic mass is 35.5. The molecular weight excluding hydrogens is 404 g/mol. The van der Waals surface area contributed by atoms with E-state index in [2.05, 4.69) is 5.01 Å². The second-order valence-corrected chi connectivity index (χ2v) is 8.04. The Balaban J connectivity index is 1.62. The first-order chi connectivity index (χ1) is 13.5. The third-order valence-electron chi connectivity index (χ3n) is 5.78. The monoisotopic (exact) mass is 419 g/mol. The van der Waals surface area contributed by atoms with Gasteiger partial charge in [0.2, 0.25) is 5.91 Å². The minimum Gasteiger partial charge on any atom is -0.274 e. The fraction of sp³-hybridized carbons (Fsp3) is 0.300. The number of halogens is 3. The van der Waals surface area contributed by atoms with Crippen LogP contribution in [0.1, 0.15) is 18.0 Å². The highest BCUT2D eigenvalue weighted by Gasteiger charge is 2.63. The number of nitrogens with zero attached hydrogens (tertiary/aromatic N) is 3. The number of benzene rings is 2. The van der Waals surface area contributed by atoms with E-state index >= 15 is 0 Å². The zero-order chi connectivity index (χ0) is 19.6. The number of fused-ring (bicyclic) bond motifs is 3. The molecule has 5 nitrogen and oxygen atoms in total. The summed E-state index contributed by atoms with van der Waals surface area (Å²) < 4.78 is 13.4. The maximum Gasteiger partial charge on any atom is 0.253 e. The van der Waals surface area contributed by atoms with Crippen molar-refractivity contribution in [3.8, 4) is 0 Å². The Morgan fingerprint density at radius 3 is 2.11 bits per heavy atom. The van der Waals surface area contributed by atoms with Crippen molar-refractivity contribution in [2.45, 2.75) is 18.5 Å². The second-order valence-electron chi connectivity index (χ2n) is 7.23. The standard InChI is InChI=1S/C20H16Cl2FN3O2/c21-13-3-1-4-14(22)17(13)26-19(27)15-16(11-5-7-12(23)8-6-11)24-9-2-10-25(24)18(15)20(26)28/h1,3-8,15-16,18H,2,9-10H2/t15-,16-,18+/m0/s1. The van der Waals surface area contributed by atoms with Gasteiger partial charge in [-0.2, -0.15) is 0 Å². The van der Waals surface area contributed by atoms with Gasteiger partial charge in [-0.05, 0) is 36.2 Å². The highest BCUT2D eigenvalue weighted by Crippen LogP contribution is 2.50. The van der Waals surface area contributed by atoms with Crippen molar-refractivity contribution in [3.63, 3.8) is 0 Å². The zero-order valence-electron chi connectivity index (χ0n) is 14.7. The number of amides is 2. The summed E-state index contributed by atoms with van der Waals surface area (Å²) >= 11 is 12.6. The summed E-state index contributed by atoms with van der Waals surface area (Å²) in [6, 6.07) is 10.1. The maximum atomic E-state index is 13.4. The van der Waals surface area contributed by atoms with Gasteiger partial charge in [0.25, 0.3) is 5.91 Å². The van der Waals surface area contributed by atoms with Crippen LogP contribution in [0.25, 0.3) is 0 Å². The minimum absolute atomic E-state index is 0.235. The van der Waals surface area contributed by atoms with Crippen LogP contribution in [0.4, 0.5) is 10.1 Å². The largest absolute Gasteiger partial charge is 0.274 e. The lowest BCUT2D eigenvalue weighted by molar-refractivity contribution is -0.126. The number of rotatable bonds is 2. The van der Waals surface area contributed by atoms with Gasteiger partial charge < -0.3 is 0 Å². The lowest BCUT2D eigenvalue weighted by atomic mass is 9.90. The Hall–Kier alpha value is -1.99. The van der Waals surface area contributed by atoms with Crippen molar-refractivity contribution in [2.24, 2.45) is 5.92 Å². The molecular formula is C20H16Cl2FN3O2. The number of para-hydroxylation sites is 1. The van der Waals surface area contributed by atoms with Crippen LogP contribution in [0.3, 0.4) is 0 Å². The number of hydrogen-bond acceptors (Lipinski definition) is 4. The number of anilines is 1. The van der Waals surface area contributed by atoms with Crippen molar-refractivity contribution < 1.29 is 14.0 Å². The Kier molecular flexibility index (Phi) is 4.21. The van der Waals surface area contributed by atoms with E-state index in [1.807, 2.05) is 5.01 Å². The lowest BCUT2D eigenvalue weighted by Gasteiger charge is -2.30. The number of hydrazine groups is 1. The van der Waals surface area contributed by atoms with Crippen LogP contribution in [-0.4, -0.2) is 41.0 Å². The number of hydrogen-bond donors (Lipinski definition) is 0. The quantitative estimate of drug-likeness (QED) is 0.696. The smallest absolute Gasteiger partial charge is 0.253 e. The average molecular weight is 420 g/mol. The predicted molar refractivity (Wildman–Crippen MR) is 103 cm³/mol. The molecule has 2 aromatic rings. The van der Waals surface area contributed by atoms with Gasteiger partial charge in [-0.25, -0.2) is 19.3 Å². The average Bonchev–Trinajstić information content (AvgIpc) is 3.30. The van der Waals surface area contributed by atoms with Crippen LogP contribution in [0, 0.1) is 11.7 Å². The molecule has 5 rings (SSSR count). The van der Waals surface area contributed by atoms with Gasteiger partial charge in [0.15, 0.2) is 0 Å². The van der Waals surface area contributed by atoms with Gasteiger partial charge in [-0.15, -0.1) is 0 Å². The molecule has 0 aromatic heterocycles. The normalized spacial score (nSPS) is 27.5. The van der Waals surface area contributed by atoms with Gasteiger partial charge in [0.1, 0.15) is 11.9 Å². The third kappa shape index (κ3) is 2.45. The Morgan fingerprint density at radius 2 is 1.46 bits per heavy atom. The van der Waals surface area contributed by atoms with E-state index in [0.29, 0.717) is 6.54 Å². The van der Waals surface area contributed by atoms with Crippen LogP contribution in [0.2, 0.25) is 10.0 Å². The van der Waals surface area contributed by atoms with E-state index < -0.39 is 12.0 Å². The summed E-state index contributed by atoms with van der Waals surface area (Å²) in [4.78, 5) is 27.9. The van der Waals surface area contributed by atoms with Crippen molar-refractivity contribution in [3.05, 3.63) is 63.9 Å². The molecule has 0 saturated carbocycles. The van der Waals surface area contributed by atoms with Crippen LogP contribution in [0.15, 0.2) is 42.5 Å². The molecule has 8 heteroatoms. The number of carbonyl (C=O) groups excluding carboxylic acids is 2. The van der Waals surface area contributed by atoms with Gasteiger partial charge >= 0.3 is 0 Å². The van der Waals surface area contributed by atoms with E-state index in [1.54, 1.807) is 30.3 Å². The first-order valence-electron chi connectivity index (χ1n) is 9.09. The van der Waals surface area contributed by atoms with Crippen molar-refractivity contribution in [1.29, 1.82) is 0 Å². The fourth-order valence-electron chi connectivity index (χ4n) is 4.70. The maximum absolute atomic E-state index is 13.4. The van der Waals surface area contributed by atoms with Gasteiger partial charge in [0, 0.05) is 13.1 Å². The molecule has 0 N–H and O–H groups in total. The Morgan fingerprint density at radius 1 is 0.857 bits per heavy atom. The van der Waals surface area contributed by atoms with E-state index in [1.165, 1.54) is 12.1 Å². The molecule has 3 aliphatic heterocycles. The number of carbonyl (C=O) groups is 2. The molecule has 3 heterocycles. The summed E-state index contributed by atoms with van der Waals surface area (Å²) in [5.74, 6) is -1.57. The topological polar surface area (TPSA) is 43.9 Å². The van der Waals surface area contributed by atoms with Crippen LogP contribution in [0.5, 0.6) is 0 Å². The van der Waals surface area contributed by atoms with Gasteiger partial charge in [-0.1, -0.05) is 41.4 Å². The zero-order valence-corrected chi connectivity index (χ0v) is 16.2. The number of imide groups is 1. The fourth-order valence-corrected chi connectivity index (χ4v) is 5.26. The van der Waals surface area contributed by atoms with E-state index in [9.17, 15) is 14.0 Å².